The van der Waals surface area contributed by atoms with Crippen molar-refractivity contribution >= 4 is 72.2 Å². The average molecular weight is 1350 g/mol. The molecule has 0 saturated heterocycles. The van der Waals surface area contributed by atoms with Gasteiger partial charge in [-0.05, 0) is 170 Å². The van der Waals surface area contributed by atoms with Crippen molar-refractivity contribution in [3.05, 3.63) is 226 Å². The molecule has 1 atom stereocenters. The fourth-order valence-electron chi connectivity index (χ4n) is 18.9. The maximum Gasteiger partial charge on any atom is 0.266 e. The third kappa shape index (κ3) is 12.7. The Morgan fingerprint density at radius 2 is 0.598 bits per heavy atom. The minimum Gasteiger partial charge on any atom is -0.457 e. The number of carbonyl (C=O) groups is 3. The lowest BCUT2D eigenvalue weighted by Crippen LogP contribution is -2.41. The summed E-state index contributed by atoms with van der Waals surface area (Å²) in [6.45, 7) is 0. The normalized spacial score (nSPS) is 17.9. The molecule has 1 unspecified atom stereocenters. The Hall–Kier alpha value is -9.51. The number of hydrogen-bond donors (Lipinski definition) is 1. The first-order valence-electron chi connectivity index (χ1n) is 38.7. The number of carbonyl (C=O) groups excluding carboxylic acids is 3. The van der Waals surface area contributed by atoms with Gasteiger partial charge in [0.15, 0.2) is 6.23 Å². The summed E-state index contributed by atoms with van der Waals surface area (Å²) in [7, 11) is 0. The monoisotopic (exact) mass is 1350 g/mol. The molecule has 2 heterocycles. The summed E-state index contributed by atoms with van der Waals surface area (Å²) in [6.07, 6.45) is 30.0. The second-order valence-corrected chi connectivity index (χ2v) is 30.4. The second kappa shape index (κ2) is 29.1. The molecule has 4 saturated carbocycles. The molecule has 518 valence electrons. The fourth-order valence-corrected chi connectivity index (χ4v) is 18.9. The lowest BCUT2D eigenvalue weighted by molar-refractivity contribution is 0.0870. The van der Waals surface area contributed by atoms with Gasteiger partial charge in [0.25, 0.3) is 17.7 Å². The van der Waals surface area contributed by atoms with Crippen molar-refractivity contribution in [1.82, 2.24) is 0 Å². The van der Waals surface area contributed by atoms with Gasteiger partial charge in [0, 0.05) is 48.7 Å². The van der Waals surface area contributed by atoms with Crippen LogP contribution in [0.3, 0.4) is 0 Å². The molecule has 0 radical (unpaired) electrons. The molecule has 0 aromatic heterocycles. The van der Waals surface area contributed by atoms with Crippen LogP contribution in [0, 0.1) is 23.7 Å². The number of benzene rings is 11. The number of rotatable bonds is 22. The number of anilines is 2. The van der Waals surface area contributed by atoms with E-state index in [4.69, 9.17) is 18.9 Å². The van der Waals surface area contributed by atoms with Gasteiger partial charge in [-0.15, -0.1) is 0 Å². The van der Waals surface area contributed by atoms with Crippen LogP contribution in [0.4, 0.5) is 11.4 Å². The number of aliphatic hydroxyl groups excluding tert-OH is 1. The van der Waals surface area contributed by atoms with E-state index in [1.165, 1.54) is 133 Å². The topological polar surface area (TPSA) is 115 Å². The fraction of sp³-hybridized carbons (Fsp3) is 0.359. The highest BCUT2D eigenvalue weighted by Crippen LogP contribution is 2.60. The van der Waals surface area contributed by atoms with Crippen LogP contribution in [-0.2, 0) is 25.7 Å². The lowest BCUT2D eigenvalue weighted by Gasteiger charge is -2.38. The zero-order valence-electron chi connectivity index (χ0n) is 58.7. The van der Waals surface area contributed by atoms with E-state index in [-0.39, 0.29) is 5.91 Å². The molecule has 17 rings (SSSR count). The first-order chi connectivity index (χ1) is 50.3. The van der Waals surface area contributed by atoms with E-state index in [2.05, 4.69) is 36.4 Å². The summed E-state index contributed by atoms with van der Waals surface area (Å²) in [5.41, 5.74) is 7.04. The van der Waals surface area contributed by atoms with Crippen molar-refractivity contribution in [3.63, 3.8) is 0 Å². The van der Waals surface area contributed by atoms with E-state index in [0.717, 1.165) is 79.3 Å². The number of fused-ring (bicyclic) bond motifs is 2. The van der Waals surface area contributed by atoms with Crippen LogP contribution in [0.25, 0.3) is 43.1 Å². The predicted molar refractivity (Wildman–Crippen MR) is 409 cm³/mol. The highest BCUT2D eigenvalue weighted by molar-refractivity contribution is 6.46. The van der Waals surface area contributed by atoms with E-state index in [1.807, 2.05) is 146 Å². The number of para-hydroxylation sites is 6. The van der Waals surface area contributed by atoms with E-state index in [9.17, 15) is 5.11 Å². The summed E-state index contributed by atoms with van der Waals surface area (Å²) in [6, 6.07) is 59.0. The third-order valence-electron chi connectivity index (χ3n) is 24.0. The predicted octanol–water partition coefficient (Wildman–Crippen LogP) is 24.4. The van der Waals surface area contributed by atoms with Crippen molar-refractivity contribution in [2.45, 2.75) is 186 Å². The number of aliphatic hydroxyl groups is 1. The number of amides is 3. The van der Waals surface area contributed by atoms with Crippen molar-refractivity contribution in [1.29, 1.82) is 0 Å². The van der Waals surface area contributed by atoms with Crippen molar-refractivity contribution in [2.24, 2.45) is 23.7 Å². The molecule has 4 aliphatic carbocycles. The summed E-state index contributed by atoms with van der Waals surface area (Å²) in [5, 5.41) is 18.2. The van der Waals surface area contributed by atoms with Gasteiger partial charge in [0.1, 0.15) is 46.0 Å². The zero-order valence-corrected chi connectivity index (χ0v) is 58.7. The molecule has 11 aromatic carbocycles. The maximum absolute atomic E-state index is 16.9. The van der Waals surface area contributed by atoms with Gasteiger partial charge in [-0.2, -0.15) is 0 Å². The smallest absolute Gasteiger partial charge is 0.266 e. The van der Waals surface area contributed by atoms with E-state index in [1.54, 1.807) is 4.90 Å². The molecule has 0 bridgehead atoms. The SMILES string of the molecule is O=C1c2cc(Oc3ccccc3)c3c4c(Oc5ccccc5)cc5c6c(cc(Oc7ccccc7)c(c7c(Oc8ccccc8)cc(c2c37)C(=O)N1c1c(CCC2CCCCC2)cccc1CCC1CCCCC1)c64)C(O)N(c1c(CCC2CCCCC2)cccc1CCC1CCCCC1)C5=O. The maximum atomic E-state index is 16.9. The molecule has 0 spiro atoms. The van der Waals surface area contributed by atoms with Gasteiger partial charge in [-0.1, -0.05) is 238 Å². The minimum atomic E-state index is -1.48. The third-order valence-corrected chi connectivity index (χ3v) is 24.0. The van der Waals surface area contributed by atoms with Crippen LogP contribution in [-0.4, -0.2) is 22.8 Å². The van der Waals surface area contributed by atoms with Crippen LogP contribution in [0.1, 0.15) is 219 Å². The Balaban J connectivity index is 0.950. The molecule has 10 nitrogen and oxygen atoms in total. The van der Waals surface area contributed by atoms with Gasteiger partial charge in [-0.25, -0.2) is 4.90 Å². The molecule has 4 fully saturated rings. The molecular formula is C92H92N2O8. The number of imide groups is 1. The largest absolute Gasteiger partial charge is 0.457 e. The van der Waals surface area contributed by atoms with Gasteiger partial charge in [0.2, 0.25) is 0 Å². The zero-order chi connectivity index (χ0) is 68.6. The lowest BCUT2D eigenvalue weighted by atomic mass is 9.79. The van der Waals surface area contributed by atoms with E-state index < -0.39 is 18.0 Å². The second-order valence-electron chi connectivity index (χ2n) is 30.4. The first kappa shape index (κ1) is 65.8. The Morgan fingerprint density at radius 3 is 0.931 bits per heavy atom. The average Bonchev–Trinajstić information content (AvgIpc) is 0.671. The molecule has 6 aliphatic rings. The Bertz CT molecular complexity index is 4700. The number of ether oxygens (including phenoxy) is 4. The molecule has 2 aliphatic heterocycles. The number of aryl methyl sites for hydroxylation is 4. The molecule has 3 amide bonds. The quantitative estimate of drug-likeness (QED) is 0.0405. The molecule has 11 aromatic rings. The number of nitrogens with zero attached hydrogens (tertiary/aromatic N) is 2. The minimum absolute atomic E-state index is 0.301. The summed E-state index contributed by atoms with van der Waals surface area (Å²) < 4.78 is 29.6. The van der Waals surface area contributed by atoms with Gasteiger partial charge in [0.05, 0.1) is 28.1 Å². The van der Waals surface area contributed by atoms with Gasteiger partial charge < -0.3 is 24.1 Å². The van der Waals surface area contributed by atoms with Gasteiger partial charge >= 0.3 is 0 Å². The standard InChI is InChI=1S/C92H92N2O8/c95-89-71-55-75(99-67-39-17-5-18-40-67)81-83-77(101-69-43-21-7-22-44-69)57-73-80-74(92(98)94(91(73)97)88-65(53-49-61-31-13-3-14-32-61)37-26-38-66(88)54-50-62-33-15-4-16-34-62)58-78(102-70-45-23-8-24-46-70)84(86(80)83)82-76(100-68-41-19-6-20-42-68)56-72(79(71)85(81)82)90(96)93(89)87-63(51-47-59-27-9-1-10-28-59)35-25-36-64(87)52-48-60-29-11-2-12-30-60/h5-8,17-26,35-46,55-62,89,95H,1-4,9-16,27-34,47-54H2. The van der Waals surface area contributed by atoms with Crippen LogP contribution < -0.4 is 28.7 Å². The summed E-state index contributed by atoms with van der Waals surface area (Å²) in [5.74, 6) is 4.54. The van der Waals surface area contributed by atoms with E-state index in [0.29, 0.717) is 141 Å². The highest BCUT2D eigenvalue weighted by Gasteiger charge is 2.44. The molecule has 102 heavy (non-hydrogen) atoms. The van der Waals surface area contributed by atoms with Crippen molar-refractivity contribution < 1.29 is 38.4 Å². The molecule has 1 N–H and O–H groups in total. The van der Waals surface area contributed by atoms with Crippen LogP contribution in [0.15, 0.2) is 182 Å². The molecular weight excluding hydrogens is 1260 g/mol. The first-order valence-corrected chi connectivity index (χ1v) is 38.7. The van der Waals surface area contributed by atoms with Crippen molar-refractivity contribution in [2.75, 3.05) is 9.80 Å². The number of hydrogen-bond acceptors (Lipinski definition) is 8. The van der Waals surface area contributed by atoms with Crippen LogP contribution >= 0.6 is 0 Å². The Kier molecular flexibility index (Phi) is 18.8. The van der Waals surface area contributed by atoms with Crippen LogP contribution in [0.5, 0.6) is 46.0 Å². The van der Waals surface area contributed by atoms with Gasteiger partial charge in [-0.3, -0.25) is 19.3 Å². The molecule has 10 heteroatoms. The van der Waals surface area contributed by atoms with E-state index >= 15 is 14.4 Å². The Morgan fingerprint density at radius 1 is 0.304 bits per heavy atom. The summed E-state index contributed by atoms with van der Waals surface area (Å²) in [4.78, 5) is 53.8. The van der Waals surface area contributed by atoms with Crippen molar-refractivity contribution in [3.8, 4) is 46.0 Å². The summed E-state index contributed by atoms with van der Waals surface area (Å²) >= 11 is 0. The highest BCUT2D eigenvalue weighted by atomic mass is 16.5. The Labute approximate surface area is 599 Å². The van der Waals surface area contributed by atoms with Crippen LogP contribution in [0.2, 0.25) is 0 Å².